The minimum atomic E-state index is -0.819. The second-order valence-corrected chi connectivity index (χ2v) is 11.1. The van der Waals surface area contributed by atoms with Gasteiger partial charge in [0.05, 0.1) is 36.9 Å². The molecule has 14 heteroatoms. The van der Waals surface area contributed by atoms with Gasteiger partial charge in [0.15, 0.2) is 23.1 Å². The van der Waals surface area contributed by atoms with Crippen LogP contribution in [0.3, 0.4) is 0 Å². The van der Waals surface area contributed by atoms with E-state index in [1.54, 1.807) is 12.1 Å². The van der Waals surface area contributed by atoms with Gasteiger partial charge in [-0.05, 0) is 49.6 Å². The smallest absolute Gasteiger partial charge is 0.284 e. The average molecular weight is 648 g/mol. The highest BCUT2D eigenvalue weighted by Crippen LogP contribution is 2.37. The Balaban J connectivity index is 1.15. The maximum Gasteiger partial charge on any atom is 0.284 e. The summed E-state index contributed by atoms with van der Waals surface area (Å²) in [6, 6.07) is 9.86. The number of hydrogen-bond donors (Lipinski definition) is 1. The standard InChI is InChI=1S/C33H28F3N5O6/c1-44-28-14-21-24(15-29(28)46-20-9-11-45-16-20)37-17-38-32(21)47-27-8-6-19(13-23(27)36)39-31(42)30-25-4-2-3-10-40(25)41(33(30)43)26-12-18(34)5-7-22(26)35/h5-8,12-15,17,20H,2-4,9-11,16H2,1H3,(H,39,42)/t20-/m0/s1. The number of ether oxygens (including phenoxy) is 4. The van der Waals surface area contributed by atoms with Crippen molar-refractivity contribution < 1.29 is 36.9 Å². The zero-order valence-electron chi connectivity index (χ0n) is 25.1. The fourth-order valence-electron chi connectivity index (χ4n) is 5.87. The number of carbonyl (C=O) groups excluding carboxylic acids is 1. The SMILES string of the molecule is COc1cc2c(Oc3ccc(NC(=O)c4c5n(n(-c6cc(F)ccc6F)c4=O)CCCC5)cc3F)ncnc2cc1O[C@H]1CCOC1. The molecule has 2 aromatic heterocycles. The number of nitrogens with one attached hydrogen (secondary N) is 1. The molecule has 1 atom stereocenters. The normalized spacial score (nSPS) is 15.8. The van der Waals surface area contributed by atoms with Gasteiger partial charge in [0.25, 0.3) is 11.5 Å². The number of carbonyl (C=O) groups is 1. The highest BCUT2D eigenvalue weighted by Gasteiger charge is 2.29. The molecule has 1 N–H and O–H groups in total. The first-order valence-electron chi connectivity index (χ1n) is 15.0. The van der Waals surface area contributed by atoms with Crippen molar-refractivity contribution in [2.45, 2.75) is 38.3 Å². The minimum Gasteiger partial charge on any atom is -0.493 e. The van der Waals surface area contributed by atoms with Crippen LogP contribution in [0.15, 0.2) is 59.7 Å². The number of amides is 1. The lowest BCUT2D eigenvalue weighted by molar-refractivity contribution is 0.102. The van der Waals surface area contributed by atoms with Crippen molar-refractivity contribution in [1.29, 1.82) is 0 Å². The summed E-state index contributed by atoms with van der Waals surface area (Å²) in [4.78, 5) is 35.4. The van der Waals surface area contributed by atoms with Crippen LogP contribution in [0.5, 0.6) is 23.1 Å². The molecule has 0 saturated carbocycles. The Hall–Kier alpha value is -5.37. The van der Waals surface area contributed by atoms with Crippen LogP contribution >= 0.6 is 0 Å². The number of rotatable bonds is 8. The Kier molecular flexibility index (Phi) is 8.02. The third-order valence-electron chi connectivity index (χ3n) is 8.11. The van der Waals surface area contributed by atoms with Crippen LogP contribution < -0.4 is 25.1 Å². The lowest BCUT2D eigenvalue weighted by Crippen LogP contribution is -2.26. The predicted molar refractivity (Wildman–Crippen MR) is 163 cm³/mol. The van der Waals surface area contributed by atoms with Gasteiger partial charge < -0.3 is 24.3 Å². The van der Waals surface area contributed by atoms with E-state index in [-0.39, 0.29) is 34.7 Å². The third kappa shape index (κ3) is 5.76. The van der Waals surface area contributed by atoms with E-state index in [2.05, 4.69) is 15.3 Å². The monoisotopic (exact) mass is 647 g/mol. The molecular formula is C33H28F3N5O6. The van der Waals surface area contributed by atoms with Crippen molar-refractivity contribution in [2.75, 3.05) is 25.6 Å². The summed E-state index contributed by atoms with van der Waals surface area (Å²) in [5.41, 5.74) is -0.412. The molecule has 2 aliphatic rings. The highest BCUT2D eigenvalue weighted by atomic mass is 19.1. The number of anilines is 1. The van der Waals surface area contributed by atoms with Gasteiger partial charge in [0, 0.05) is 36.9 Å². The van der Waals surface area contributed by atoms with E-state index in [4.69, 9.17) is 18.9 Å². The number of halogens is 3. The van der Waals surface area contributed by atoms with E-state index < -0.39 is 28.9 Å². The fraction of sp³-hybridized carbons (Fsp3) is 0.273. The summed E-state index contributed by atoms with van der Waals surface area (Å²) < 4.78 is 69.3. The zero-order valence-corrected chi connectivity index (χ0v) is 25.1. The number of nitrogens with zero attached hydrogens (tertiary/aromatic N) is 4. The van der Waals surface area contributed by atoms with Gasteiger partial charge in [-0.2, -0.15) is 0 Å². The van der Waals surface area contributed by atoms with Crippen molar-refractivity contribution >= 4 is 22.5 Å². The molecule has 1 amide bonds. The lowest BCUT2D eigenvalue weighted by Gasteiger charge is -2.19. The van der Waals surface area contributed by atoms with E-state index in [9.17, 15) is 18.4 Å². The zero-order chi connectivity index (χ0) is 32.7. The first kappa shape index (κ1) is 30.3. The lowest BCUT2D eigenvalue weighted by atomic mass is 10.1. The summed E-state index contributed by atoms with van der Waals surface area (Å²) >= 11 is 0. The number of hydrogen-bond acceptors (Lipinski definition) is 8. The highest BCUT2D eigenvalue weighted by molar-refractivity contribution is 6.05. The Morgan fingerprint density at radius 2 is 1.87 bits per heavy atom. The molecule has 2 aliphatic heterocycles. The molecule has 3 aromatic carbocycles. The molecule has 4 heterocycles. The van der Waals surface area contributed by atoms with E-state index in [0.29, 0.717) is 67.1 Å². The Labute approximate surface area is 265 Å². The summed E-state index contributed by atoms with van der Waals surface area (Å²) in [6.45, 7) is 1.42. The molecule has 0 bridgehead atoms. The van der Waals surface area contributed by atoms with Gasteiger partial charge in [-0.25, -0.2) is 27.8 Å². The van der Waals surface area contributed by atoms with Gasteiger partial charge in [-0.15, -0.1) is 0 Å². The van der Waals surface area contributed by atoms with Crippen molar-refractivity contribution in [1.82, 2.24) is 19.3 Å². The molecule has 11 nitrogen and oxygen atoms in total. The molecule has 0 aliphatic carbocycles. The van der Waals surface area contributed by atoms with Crippen LogP contribution in [-0.2, 0) is 17.7 Å². The summed E-state index contributed by atoms with van der Waals surface area (Å²) in [5, 5.41) is 3.00. The maximum atomic E-state index is 15.4. The largest absolute Gasteiger partial charge is 0.493 e. The number of fused-ring (bicyclic) bond motifs is 2. The fourth-order valence-corrected chi connectivity index (χ4v) is 5.87. The minimum absolute atomic E-state index is 0.0467. The maximum absolute atomic E-state index is 15.4. The van der Waals surface area contributed by atoms with E-state index in [1.165, 1.54) is 30.3 Å². The second-order valence-electron chi connectivity index (χ2n) is 11.1. The molecule has 7 rings (SSSR count). The first-order chi connectivity index (χ1) is 22.8. The summed E-state index contributed by atoms with van der Waals surface area (Å²) in [7, 11) is 1.50. The molecular weight excluding hydrogens is 619 g/mol. The molecule has 0 radical (unpaired) electrons. The number of aromatic nitrogens is 4. The topological polar surface area (TPSA) is 119 Å². The van der Waals surface area contributed by atoms with Crippen LogP contribution in [0, 0.1) is 17.5 Å². The van der Waals surface area contributed by atoms with E-state index >= 15 is 4.39 Å². The number of benzene rings is 3. The molecule has 1 saturated heterocycles. The van der Waals surface area contributed by atoms with Crippen molar-refractivity contribution in [3.8, 4) is 28.8 Å². The quantitative estimate of drug-likeness (QED) is 0.233. The average Bonchev–Trinajstić information content (AvgIpc) is 3.68. The van der Waals surface area contributed by atoms with Crippen molar-refractivity contribution in [2.24, 2.45) is 0 Å². The molecule has 0 spiro atoms. The van der Waals surface area contributed by atoms with Crippen LogP contribution in [0.1, 0.15) is 35.3 Å². The van der Waals surface area contributed by atoms with Crippen LogP contribution in [0.25, 0.3) is 16.6 Å². The predicted octanol–water partition coefficient (Wildman–Crippen LogP) is 5.56. The first-order valence-corrected chi connectivity index (χ1v) is 15.0. The molecule has 47 heavy (non-hydrogen) atoms. The van der Waals surface area contributed by atoms with Gasteiger partial charge in [-0.3, -0.25) is 14.3 Å². The summed E-state index contributed by atoms with van der Waals surface area (Å²) in [5.74, 6) is -2.40. The van der Waals surface area contributed by atoms with Gasteiger partial charge >= 0.3 is 0 Å². The third-order valence-corrected chi connectivity index (χ3v) is 8.11. The van der Waals surface area contributed by atoms with Crippen molar-refractivity contribution in [3.63, 3.8) is 0 Å². The van der Waals surface area contributed by atoms with E-state index in [1.807, 2.05) is 0 Å². The van der Waals surface area contributed by atoms with Gasteiger partial charge in [-0.1, -0.05) is 0 Å². The molecule has 1 fully saturated rings. The Bertz CT molecular complexity index is 2070. The van der Waals surface area contributed by atoms with Crippen LogP contribution in [-0.4, -0.2) is 51.7 Å². The van der Waals surface area contributed by atoms with E-state index in [0.717, 1.165) is 35.4 Å². The Morgan fingerprint density at radius 1 is 1.00 bits per heavy atom. The summed E-state index contributed by atoms with van der Waals surface area (Å²) in [6.07, 6.45) is 3.67. The molecule has 5 aromatic rings. The number of methoxy groups -OCH3 is 1. The molecule has 242 valence electrons. The second kappa shape index (κ2) is 12.4. The van der Waals surface area contributed by atoms with Gasteiger partial charge in [0.1, 0.15) is 35.3 Å². The van der Waals surface area contributed by atoms with Crippen molar-refractivity contribution in [3.05, 3.63) is 93.9 Å². The van der Waals surface area contributed by atoms with Crippen LogP contribution in [0.4, 0.5) is 18.9 Å². The molecule has 0 unspecified atom stereocenters. The van der Waals surface area contributed by atoms with Crippen LogP contribution in [0.2, 0.25) is 0 Å². The Morgan fingerprint density at radius 3 is 2.66 bits per heavy atom. The van der Waals surface area contributed by atoms with Gasteiger partial charge in [0.2, 0.25) is 5.88 Å².